The molecule has 3 nitrogen and oxygen atoms in total. The maximum absolute atomic E-state index is 8.83. The van der Waals surface area contributed by atoms with E-state index in [0.717, 1.165) is 18.4 Å². The topological polar surface area (TPSA) is 26.7 Å². The molecule has 2 aliphatic heterocycles. The number of aliphatic hydroxyl groups is 1. The Kier molecular flexibility index (Phi) is 7.32. The molecule has 118 valence electrons. The smallest absolute Gasteiger partial charge is 0.0431 e. The van der Waals surface area contributed by atoms with Crippen LogP contribution in [0, 0.1) is 5.92 Å². The second-order valence-electron chi connectivity index (χ2n) is 6.93. The summed E-state index contributed by atoms with van der Waals surface area (Å²) in [6.45, 7) is 9.27. The SMILES string of the molecule is C[C@H]1CCCCN1C[C@@H]1CCCN(CCCCCO)C1. The lowest BCUT2D eigenvalue weighted by molar-refractivity contribution is 0.0931. The average Bonchev–Trinajstić information content (AvgIpc) is 2.47. The van der Waals surface area contributed by atoms with Crippen LogP contribution in [0.2, 0.25) is 0 Å². The Labute approximate surface area is 125 Å². The molecule has 0 aromatic carbocycles. The highest BCUT2D eigenvalue weighted by Gasteiger charge is 2.25. The van der Waals surface area contributed by atoms with Gasteiger partial charge in [0.1, 0.15) is 0 Å². The molecule has 1 N–H and O–H groups in total. The Balaban J connectivity index is 1.67. The molecule has 2 heterocycles. The van der Waals surface area contributed by atoms with Crippen molar-refractivity contribution in [3.63, 3.8) is 0 Å². The Bertz CT molecular complexity index is 259. The van der Waals surface area contributed by atoms with E-state index in [4.69, 9.17) is 5.11 Å². The molecule has 0 spiro atoms. The molecular weight excluding hydrogens is 248 g/mol. The molecule has 0 unspecified atom stereocenters. The van der Waals surface area contributed by atoms with Crippen molar-refractivity contribution >= 4 is 0 Å². The van der Waals surface area contributed by atoms with Crippen LogP contribution >= 0.6 is 0 Å². The predicted molar refractivity (Wildman–Crippen MR) is 85.0 cm³/mol. The van der Waals surface area contributed by atoms with Crippen LogP contribution in [-0.2, 0) is 0 Å². The van der Waals surface area contributed by atoms with Crippen molar-refractivity contribution in [2.45, 2.75) is 64.3 Å². The van der Waals surface area contributed by atoms with Crippen LogP contribution < -0.4 is 0 Å². The van der Waals surface area contributed by atoms with Crippen LogP contribution in [0.15, 0.2) is 0 Å². The van der Waals surface area contributed by atoms with Crippen LogP contribution in [-0.4, -0.2) is 60.3 Å². The van der Waals surface area contributed by atoms with Crippen molar-refractivity contribution in [1.29, 1.82) is 0 Å². The molecule has 0 aromatic heterocycles. The van der Waals surface area contributed by atoms with Crippen LogP contribution in [0.3, 0.4) is 0 Å². The molecule has 0 aliphatic carbocycles. The summed E-state index contributed by atoms with van der Waals surface area (Å²) in [6.07, 6.45) is 10.5. The first-order valence-corrected chi connectivity index (χ1v) is 8.87. The molecule has 2 fully saturated rings. The lowest BCUT2D eigenvalue weighted by Crippen LogP contribution is -2.45. The summed E-state index contributed by atoms with van der Waals surface area (Å²) in [5, 5.41) is 8.83. The van der Waals surface area contributed by atoms with E-state index in [1.807, 2.05) is 0 Å². The Hall–Kier alpha value is -0.120. The van der Waals surface area contributed by atoms with Crippen molar-refractivity contribution in [2.24, 2.45) is 5.92 Å². The summed E-state index contributed by atoms with van der Waals surface area (Å²) in [6, 6.07) is 0.809. The molecule has 2 atom stereocenters. The van der Waals surface area contributed by atoms with E-state index in [2.05, 4.69) is 16.7 Å². The van der Waals surface area contributed by atoms with Crippen molar-refractivity contribution in [3.8, 4) is 0 Å². The first kappa shape index (κ1) is 16.3. The van der Waals surface area contributed by atoms with Crippen LogP contribution in [0.5, 0.6) is 0 Å². The summed E-state index contributed by atoms with van der Waals surface area (Å²) in [7, 11) is 0. The number of rotatable bonds is 7. The fraction of sp³-hybridized carbons (Fsp3) is 1.00. The molecule has 2 aliphatic rings. The molecule has 3 heteroatoms. The third kappa shape index (κ3) is 5.34. The highest BCUT2D eigenvalue weighted by atomic mass is 16.2. The molecule has 0 aromatic rings. The molecule has 0 bridgehead atoms. The van der Waals surface area contributed by atoms with Crippen molar-refractivity contribution in [2.75, 3.05) is 39.3 Å². The Morgan fingerprint density at radius 1 is 1.00 bits per heavy atom. The molecule has 0 radical (unpaired) electrons. The van der Waals surface area contributed by atoms with E-state index in [9.17, 15) is 0 Å². The third-order valence-corrected chi connectivity index (χ3v) is 5.17. The van der Waals surface area contributed by atoms with E-state index >= 15 is 0 Å². The van der Waals surface area contributed by atoms with Crippen LogP contribution in [0.4, 0.5) is 0 Å². The molecular formula is C17H34N2O. The Morgan fingerprint density at radius 2 is 1.90 bits per heavy atom. The summed E-state index contributed by atoms with van der Waals surface area (Å²) in [5.41, 5.74) is 0. The lowest BCUT2D eigenvalue weighted by atomic mass is 9.94. The average molecular weight is 282 g/mol. The van der Waals surface area contributed by atoms with E-state index in [1.165, 1.54) is 77.7 Å². The van der Waals surface area contributed by atoms with Crippen molar-refractivity contribution < 1.29 is 5.11 Å². The highest BCUT2D eigenvalue weighted by molar-refractivity contribution is 4.80. The maximum Gasteiger partial charge on any atom is 0.0431 e. The molecule has 20 heavy (non-hydrogen) atoms. The van der Waals surface area contributed by atoms with Gasteiger partial charge in [-0.3, -0.25) is 0 Å². The van der Waals surface area contributed by atoms with Crippen LogP contribution in [0.25, 0.3) is 0 Å². The maximum atomic E-state index is 8.83. The monoisotopic (exact) mass is 282 g/mol. The fourth-order valence-electron chi connectivity index (χ4n) is 3.89. The third-order valence-electron chi connectivity index (χ3n) is 5.17. The van der Waals surface area contributed by atoms with Gasteiger partial charge >= 0.3 is 0 Å². The van der Waals surface area contributed by atoms with E-state index in [1.54, 1.807) is 0 Å². The zero-order valence-corrected chi connectivity index (χ0v) is 13.4. The normalized spacial score (nSPS) is 29.7. The highest BCUT2D eigenvalue weighted by Crippen LogP contribution is 2.23. The zero-order valence-electron chi connectivity index (χ0n) is 13.4. The first-order valence-electron chi connectivity index (χ1n) is 8.87. The van der Waals surface area contributed by atoms with Gasteiger partial charge < -0.3 is 14.9 Å². The van der Waals surface area contributed by atoms with Gasteiger partial charge in [0.05, 0.1) is 0 Å². The van der Waals surface area contributed by atoms with E-state index in [0.29, 0.717) is 6.61 Å². The van der Waals surface area contributed by atoms with Gasteiger partial charge in [-0.2, -0.15) is 0 Å². The molecule has 0 saturated carbocycles. The first-order chi connectivity index (χ1) is 9.79. The second kappa shape index (κ2) is 9.01. The van der Waals surface area contributed by atoms with Gasteiger partial charge in [0.2, 0.25) is 0 Å². The zero-order chi connectivity index (χ0) is 14.2. The lowest BCUT2D eigenvalue weighted by Gasteiger charge is -2.39. The standard InChI is InChI=1S/C17H34N2O/c1-16-8-3-5-12-19(16)15-17-9-7-11-18(14-17)10-4-2-6-13-20/h16-17,20H,2-15H2,1H3/t16-,17+/m0/s1. The van der Waals surface area contributed by atoms with Gasteiger partial charge in [0.25, 0.3) is 0 Å². The fourth-order valence-corrected chi connectivity index (χ4v) is 3.89. The Morgan fingerprint density at radius 3 is 2.70 bits per heavy atom. The quantitative estimate of drug-likeness (QED) is 0.727. The van der Waals surface area contributed by atoms with Gasteiger partial charge in [0, 0.05) is 25.7 Å². The van der Waals surface area contributed by atoms with Crippen LogP contribution in [0.1, 0.15) is 58.3 Å². The summed E-state index contributed by atoms with van der Waals surface area (Å²) in [4.78, 5) is 5.41. The number of hydrogen-bond acceptors (Lipinski definition) is 3. The number of hydrogen-bond donors (Lipinski definition) is 1. The predicted octanol–water partition coefficient (Wildman–Crippen LogP) is 2.74. The van der Waals surface area contributed by atoms with Gasteiger partial charge in [-0.15, -0.1) is 0 Å². The van der Waals surface area contributed by atoms with Gasteiger partial charge in [0.15, 0.2) is 0 Å². The summed E-state index contributed by atoms with van der Waals surface area (Å²) < 4.78 is 0. The number of unbranched alkanes of at least 4 members (excludes halogenated alkanes) is 2. The van der Waals surface area contributed by atoms with Crippen molar-refractivity contribution in [1.82, 2.24) is 9.80 Å². The molecule has 2 saturated heterocycles. The van der Waals surface area contributed by atoms with Gasteiger partial charge in [-0.25, -0.2) is 0 Å². The van der Waals surface area contributed by atoms with Gasteiger partial charge in [-0.1, -0.05) is 6.42 Å². The van der Waals surface area contributed by atoms with E-state index < -0.39 is 0 Å². The molecule has 2 rings (SSSR count). The van der Waals surface area contributed by atoms with Crippen molar-refractivity contribution in [3.05, 3.63) is 0 Å². The largest absolute Gasteiger partial charge is 0.396 e. The summed E-state index contributed by atoms with van der Waals surface area (Å²) in [5.74, 6) is 0.891. The second-order valence-corrected chi connectivity index (χ2v) is 6.93. The molecule has 0 amide bonds. The van der Waals surface area contributed by atoms with E-state index in [-0.39, 0.29) is 0 Å². The minimum atomic E-state index is 0.357. The number of aliphatic hydroxyl groups excluding tert-OH is 1. The number of likely N-dealkylation sites (tertiary alicyclic amines) is 2. The van der Waals surface area contributed by atoms with Gasteiger partial charge in [-0.05, 0) is 77.4 Å². The minimum Gasteiger partial charge on any atom is -0.396 e. The number of nitrogens with zero attached hydrogens (tertiary/aromatic N) is 2. The summed E-state index contributed by atoms with van der Waals surface area (Å²) >= 11 is 0. The number of piperidine rings is 2. The minimum absolute atomic E-state index is 0.357.